The van der Waals surface area contributed by atoms with Crippen molar-refractivity contribution in [3.8, 4) is 34.5 Å². The number of nitrogens with one attached hydrogen (secondary N) is 1. The average Bonchev–Trinajstić information content (AvgIpc) is 3.41. The summed E-state index contributed by atoms with van der Waals surface area (Å²) in [5, 5.41) is 18.3. The highest BCUT2D eigenvalue weighted by Gasteiger charge is 2.17. The van der Waals surface area contributed by atoms with Crippen LogP contribution in [-0.4, -0.2) is 41.9 Å². The average molecular weight is 520 g/mol. The Kier molecular flexibility index (Phi) is 7.92. The molecule has 12 heteroatoms. The summed E-state index contributed by atoms with van der Waals surface area (Å²) >= 11 is 0. The minimum absolute atomic E-state index is 0.0271. The van der Waals surface area contributed by atoms with Crippen molar-refractivity contribution in [1.82, 2.24) is 9.78 Å². The van der Waals surface area contributed by atoms with Gasteiger partial charge in [-0.15, -0.1) is 0 Å². The molecule has 0 aliphatic rings. The molecule has 0 saturated carbocycles. The van der Waals surface area contributed by atoms with Gasteiger partial charge in [0.15, 0.2) is 23.9 Å². The van der Waals surface area contributed by atoms with E-state index in [0.717, 1.165) is 0 Å². The highest BCUT2D eigenvalue weighted by atomic mass is 16.6. The van der Waals surface area contributed by atoms with Crippen molar-refractivity contribution in [2.24, 2.45) is 0 Å². The number of nitro groups is 1. The van der Waals surface area contributed by atoms with Crippen LogP contribution in [0.4, 0.5) is 11.4 Å². The van der Waals surface area contributed by atoms with Gasteiger partial charge >= 0.3 is 0 Å². The Balaban J connectivity index is 1.47. The number of nitrogens with zero attached hydrogens (tertiary/aromatic N) is 3. The molecule has 0 aliphatic carbocycles. The summed E-state index contributed by atoms with van der Waals surface area (Å²) in [5.74, 6) is 2.02. The zero-order valence-corrected chi connectivity index (χ0v) is 20.7. The van der Waals surface area contributed by atoms with Gasteiger partial charge < -0.3 is 29.0 Å². The Morgan fingerprint density at radius 1 is 0.921 bits per heavy atom. The second-order valence-corrected chi connectivity index (χ2v) is 7.71. The molecule has 0 aliphatic heterocycles. The molecule has 4 rings (SSSR count). The van der Waals surface area contributed by atoms with Crippen molar-refractivity contribution in [2.45, 2.75) is 6.73 Å². The van der Waals surface area contributed by atoms with E-state index in [4.69, 9.17) is 23.7 Å². The number of nitro benzene ring substituents is 1. The molecule has 0 fully saturated rings. The second kappa shape index (κ2) is 11.6. The number of benzene rings is 3. The number of ether oxygens (including phenoxy) is 5. The van der Waals surface area contributed by atoms with Crippen molar-refractivity contribution < 1.29 is 33.4 Å². The molecule has 0 atom stereocenters. The molecule has 196 valence electrons. The van der Waals surface area contributed by atoms with E-state index in [0.29, 0.717) is 28.7 Å². The Morgan fingerprint density at radius 3 is 2.24 bits per heavy atom. The van der Waals surface area contributed by atoms with Gasteiger partial charge in [0.2, 0.25) is 5.75 Å². The lowest BCUT2D eigenvalue weighted by Crippen LogP contribution is -2.14. The summed E-state index contributed by atoms with van der Waals surface area (Å²) in [6.45, 7) is -0.0271. The van der Waals surface area contributed by atoms with Crippen LogP contribution >= 0.6 is 0 Å². The van der Waals surface area contributed by atoms with Gasteiger partial charge in [0.05, 0.1) is 38.0 Å². The number of anilines is 1. The molecular formula is C26H24N4O8. The number of para-hydroxylation sites is 1. The summed E-state index contributed by atoms with van der Waals surface area (Å²) in [5.41, 5.74) is -0.0158. The summed E-state index contributed by atoms with van der Waals surface area (Å²) in [6, 6.07) is 17.4. The van der Waals surface area contributed by atoms with Crippen LogP contribution in [-0.2, 0) is 6.73 Å². The van der Waals surface area contributed by atoms with Gasteiger partial charge in [-0.05, 0) is 42.5 Å². The predicted octanol–water partition coefficient (Wildman–Crippen LogP) is 4.90. The van der Waals surface area contributed by atoms with Crippen molar-refractivity contribution in [2.75, 3.05) is 26.6 Å². The van der Waals surface area contributed by atoms with E-state index in [1.165, 1.54) is 43.2 Å². The molecule has 38 heavy (non-hydrogen) atoms. The molecule has 0 unspecified atom stereocenters. The highest BCUT2D eigenvalue weighted by molar-refractivity contribution is 6.03. The lowest BCUT2D eigenvalue weighted by atomic mass is 10.2. The lowest BCUT2D eigenvalue weighted by molar-refractivity contribution is -0.384. The fourth-order valence-corrected chi connectivity index (χ4v) is 3.44. The van der Waals surface area contributed by atoms with Gasteiger partial charge in [-0.2, -0.15) is 5.10 Å². The quantitative estimate of drug-likeness (QED) is 0.216. The molecule has 1 heterocycles. The first-order valence-electron chi connectivity index (χ1n) is 11.2. The molecule has 4 aromatic rings. The monoisotopic (exact) mass is 520 g/mol. The maximum absolute atomic E-state index is 12.8. The number of carbonyl (C=O) groups is 1. The Hall–Kier alpha value is -5.26. The van der Waals surface area contributed by atoms with Crippen LogP contribution in [0.15, 0.2) is 72.9 Å². The first-order valence-corrected chi connectivity index (χ1v) is 11.2. The van der Waals surface area contributed by atoms with Crippen LogP contribution in [0.25, 0.3) is 0 Å². The van der Waals surface area contributed by atoms with E-state index >= 15 is 0 Å². The van der Waals surface area contributed by atoms with Crippen LogP contribution < -0.4 is 29.0 Å². The lowest BCUT2D eigenvalue weighted by Gasteiger charge is -2.13. The topological polar surface area (TPSA) is 136 Å². The Morgan fingerprint density at radius 2 is 1.61 bits per heavy atom. The van der Waals surface area contributed by atoms with Gasteiger partial charge in [0.1, 0.15) is 17.2 Å². The smallest absolute Gasteiger partial charge is 0.276 e. The van der Waals surface area contributed by atoms with E-state index in [1.807, 2.05) is 0 Å². The van der Waals surface area contributed by atoms with Gasteiger partial charge in [-0.3, -0.25) is 14.9 Å². The fourth-order valence-electron chi connectivity index (χ4n) is 3.44. The van der Waals surface area contributed by atoms with Crippen LogP contribution in [0, 0.1) is 10.1 Å². The largest absolute Gasteiger partial charge is 0.497 e. The summed E-state index contributed by atoms with van der Waals surface area (Å²) < 4.78 is 28.7. The Bertz CT molecular complexity index is 1410. The summed E-state index contributed by atoms with van der Waals surface area (Å²) in [6.07, 6.45) is 1.56. The maximum atomic E-state index is 12.8. The van der Waals surface area contributed by atoms with Gasteiger partial charge in [0, 0.05) is 18.3 Å². The Labute approximate surface area is 217 Å². The van der Waals surface area contributed by atoms with Crippen molar-refractivity contribution in [3.05, 3.63) is 88.7 Å². The van der Waals surface area contributed by atoms with Crippen molar-refractivity contribution >= 4 is 17.3 Å². The minimum Gasteiger partial charge on any atom is -0.497 e. The van der Waals surface area contributed by atoms with E-state index in [-0.39, 0.29) is 29.5 Å². The van der Waals surface area contributed by atoms with E-state index in [1.54, 1.807) is 55.8 Å². The predicted molar refractivity (Wildman–Crippen MR) is 137 cm³/mol. The molecule has 0 spiro atoms. The molecule has 1 amide bonds. The fraction of sp³-hybridized carbons (Fsp3) is 0.154. The number of hydrogen-bond donors (Lipinski definition) is 1. The molecule has 12 nitrogen and oxygen atoms in total. The molecule has 1 aromatic heterocycles. The van der Waals surface area contributed by atoms with Crippen LogP contribution in [0.3, 0.4) is 0 Å². The minimum atomic E-state index is -0.575. The first kappa shape index (κ1) is 25.8. The van der Waals surface area contributed by atoms with Crippen LogP contribution in [0.5, 0.6) is 34.5 Å². The van der Waals surface area contributed by atoms with Crippen molar-refractivity contribution in [3.63, 3.8) is 0 Å². The number of aromatic nitrogens is 2. The standard InChI is InChI=1S/C26H24N4O8/c1-34-19-7-9-20(10-8-19)38-21-14-17(13-18(15-21)30(32)33)27-26(31)22-11-12-29(28-22)16-37-25-23(35-2)5-4-6-24(25)36-3/h4-15H,16H2,1-3H3,(H,27,31). The number of carbonyl (C=O) groups excluding carboxylic acids is 1. The van der Waals surface area contributed by atoms with E-state index in [2.05, 4.69) is 10.4 Å². The molecule has 1 N–H and O–H groups in total. The third-order valence-corrected chi connectivity index (χ3v) is 5.25. The zero-order chi connectivity index (χ0) is 27.1. The first-order chi connectivity index (χ1) is 18.4. The number of amides is 1. The van der Waals surface area contributed by atoms with E-state index in [9.17, 15) is 14.9 Å². The SMILES string of the molecule is COc1ccc(Oc2cc(NC(=O)c3ccn(COc4c(OC)cccc4OC)n3)cc([N+](=O)[O-])c2)cc1. The van der Waals surface area contributed by atoms with Crippen LogP contribution in [0.1, 0.15) is 10.5 Å². The molecule has 0 bridgehead atoms. The molecular weight excluding hydrogens is 496 g/mol. The zero-order valence-electron chi connectivity index (χ0n) is 20.7. The summed E-state index contributed by atoms with van der Waals surface area (Å²) in [4.78, 5) is 23.7. The molecule has 0 radical (unpaired) electrons. The van der Waals surface area contributed by atoms with Gasteiger partial charge in [0.25, 0.3) is 11.6 Å². The second-order valence-electron chi connectivity index (χ2n) is 7.71. The van der Waals surface area contributed by atoms with Crippen molar-refractivity contribution in [1.29, 1.82) is 0 Å². The third kappa shape index (κ3) is 6.10. The van der Waals surface area contributed by atoms with Gasteiger partial charge in [-0.1, -0.05) is 6.07 Å². The van der Waals surface area contributed by atoms with E-state index < -0.39 is 10.8 Å². The van der Waals surface area contributed by atoms with Gasteiger partial charge in [-0.25, -0.2) is 4.68 Å². The molecule has 0 saturated heterocycles. The third-order valence-electron chi connectivity index (χ3n) is 5.25. The summed E-state index contributed by atoms with van der Waals surface area (Å²) in [7, 11) is 4.57. The number of non-ortho nitro benzene ring substituents is 1. The number of hydrogen-bond acceptors (Lipinski definition) is 9. The normalized spacial score (nSPS) is 10.4. The highest BCUT2D eigenvalue weighted by Crippen LogP contribution is 2.37. The van der Waals surface area contributed by atoms with Crippen LogP contribution in [0.2, 0.25) is 0 Å². The number of methoxy groups -OCH3 is 3. The maximum Gasteiger partial charge on any atom is 0.276 e. The number of rotatable bonds is 11. The molecule has 3 aromatic carbocycles.